The number of benzene rings is 1. The molecule has 1 amide bonds. The van der Waals surface area contributed by atoms with Crippen LogP contribution in [0.25, 0.3) is 6.08 Å². The molecule has 108 valence electrons. The Morgan fingerprint density at radius 2 is 2.15 bits per heavy atom. The topological polar surface area (TPSA) is 69.6 Å². The minimum absolute atomic E-state index is 0.0685. The number of carbonyl (C=O) groups is 2. The van der Waals surface area contributed by atoms with Crippen LogP contribution in [-0.2, 0) is 9.59 Å². The highest BCUT2D eigenvalue weighted by molar-refractivity contribution is 6.32. The van der Waals surface area contributed by atoms with Crippen molar-refractivity contribution in [1.82, 2.24) is 5.32 Å². The van der Waals surface area contributed by atoms with E-state index in [9.17, 15) is 9.59 Å². The first-order valence-corrected chi connectivity index (χ1v) is 6.50. The van der Waals surface area contributed by atoms with Gasteiger partial charge in [-0.15, -0.1) is 0 Å². The third-order valence-electron chi connectivity index (χ3n) is 2.58. The lowest BCUT2D eigenvalue weighted by Gasteiger charge is -2.19. The van der Waals surface area contributed by atoms with Crippen LogP contribution in [0.2, 0.25) is 5.02 Å². The number of rotatable bonds is 6. The molecule has 0 radical (unpaired) electrons. The Morgan fingerprint density at radius 1 is 1.45 bits per heavy atom. The van der Waals surface area contributed by atoms with Crippen LogP contribution < -0.4 is 10.2 Å². The van der Waals surface area contributed by atoms with E-state index in [-0.39, 0.29) is 12.5 Å². The minimum Gasteiger partial charge on any atom is -0.478 e. The van der Waals surface area contributed by atoms with Gasteiger partial charge in [-0.1, -0.05) is 17.7 Å². The molecule has 20 heavy (non-hydrogen) atoms. The van der Waals surface area contributed by atoms with Crippen LogP contribution in [0.1, 0.15) is 12.5 Å². The largest absolute Gasteiger partial charge is 0.478 e. The molecule has 0 heterocycles. The minimum atomic E-state index is -1.03. The number of amides is 1. The molecule has 1 aromatic rings. The Morgan fingerprint density at radius 3 is 2.70 bits per heavy atom. The van der Waals surface area contributed by atoms with E-state index in [1.54, 1.807) is 30.1 Å². The fourth-order valence-electron chi connectivity index (χ4n) is 1.61. The van der Waals surface area contributed by atoms with E-state index in [2.05, 4.69) is 5.32 Å². The lowest BCUT2D eigenvalue weighted by atomic mass is 10.2. The van der Waals surface area contributed by atoms with E-state index in [1.807, 2.05) is 6.92 Å². The molecule has 0 saturated heterocycles. The third-order valence-corrected chi connectivity index (χ3v) is 2.91. The van der Waals surface area contributed by atoms with Crippen molar-refractivity contribution in [2.75, 3.05) is 25.0 Å². The van der Waals surface area contributed by atoms with Crippen LogP contribution in [0.4, 0.5) is 5.69 Å². The van der Waals surface area contributed by atoms with Crippen LogP contribution in [0.15, 0.2) is 24.3 Å². The second kappa shape index (κ2) is 7.55. The molecule has 0 aliphatic heterocycles. The average molecular weight is 297 g/mol. The highest BCUT2D eigenvalue weighted by atomic mass is 35.5. The van der Waals surface area contributed by atoms with Crippen LogP contribution >= 0.6 is 11.6 Å². The van der Waals surface area contributed by atoms with Gasteiger partial charge in [-0.2, -0.15) is 0 Å². The molecule has 0 atom stereocenters. The van der Waals surface area contributed by atoms with E-state index in [1.165, 1.54) is 6.08 Å². The first-order valence-electron chi connectivity index (χ1n) is 6.12. The van der Waals surface area contributed by atoms with Crippen LogP contribution in [0.3, 0.4) is 0 Å². The van der Waals surface area contributed by atoms with Crippen molar-refractivity contribution in [2.45, 2.75) is 6.92 Å². The summed E-state index contributed by atoms with van der Waals surface area (Å²) in [6.45, 7) is 2.68. The van der Waals surface area contributed by atoms with Crippen LogP contribution in [-0.4, -0.2) is 37.1 Å². The molecule has 1 rings (SSSR count). The quantitative estimate of drug-likeness (QED) is 0.788. The van der Waals surface area contributed by atoms with Gasteiger partial charge in [0.1, 0.15) is 0 Å². The van der Waals surface area contributed by atoms with E-state index in [0.29, 0.717) is 17.1 Å². The SMILES string of the molecule is CCNC(=O)CN(C)c1ccc(/C=C/C(=O)O)c(Cl)c1. The van der Waals surface area contributed by atoms with Crippen molar-refractivity contribution < 1.29 is 14.7 Å². The number of nitrogens with one attached hydrogen (secondary N) is 1. The number of nitrogens with zero attached hydrogens (tertiary/aromatic N) is 1. The molecule has 0 fully saturated rings. The lowest BCUT2D eigenvalue weighted by molar-refractivity contribution is -0.131. The summed E-state index contributed by atoms with van der Waals surface area (Å²) >= 11 is 6.08. The zero-order valence-electron chi connectivity index (χ0n) is 11.4. The van der Waals surface area contributed by atoms with Gasteiger partial charge in [-0.3, -0.25) is 4.79 Å². The maximum absolute atomic E-state index is 11.5. The van der Waals surface area contributed by atoms with Gasteiger partial charge in [-0.25, -0.2) is 4.79 Å². The van der Waals surface area contributed by atoms with E-state index in [0.717, 1.165) is 11.8 Å². The molecular weight excluding hydrogens is 280 g/mol. The standard InChI is InChI=1S/C14H17ClN2O3/c1-3-16-13(18)9-17(2)11-6-4-10(12(15)8-11)5-7-14(19)20/h4-8H,3,9H2,1-2H3,(H,16,18)(H,19,20)/b7-5+. The number of aliphatic carboxylic acids is 1. The highest BCUT2D eigenvalue weighted by Crippen LogP contribution is 2.24. The number of likely N-dealkylation sites (N-methyl/N-ethyl adjacent to an activating group) is 2. The zero-order valence-corrected chi connectivity index (χ0v) is 12.1. The number of halogens is 1. The second-order valence-corrected chi connectivity index (χ2v) is 4.59. The molecular formula is C14H17ClN2O3. The van der Waals surface area contributed by atoms with Gasteiger partial charge in [0.2, 0.25) is 5.91 Å². The second-order valence-electron chi connectivity index (χ2n) is 4.19. The fourth-order valence-corrected chi connectivity index (χ4v) is 1.85. The normalized spacial score (nSPS) is 10.6. The van der Waals surface area contributed by atoms with Crippen LogP contribution in [0, 0.1) is 0 Å². The number of anilines is 1. The predicted octanol–water partition coefficient (Wildman–Crippen LogP) is 2.01. The highest BCUT2D eigenvalue weighted by Gasteiger charge is 2.08. The maximum atomic E-state index is 11.5. The Kier molecular flexibility index (Phi) is 6.06. The maximum Gasteiger partial charge on any atom is 0.328 e. The number of carboxylic acid groups (broad SMARTS) is 1. The summed E-state index contributed by atoms with van der Waals surface area (Å²) in [6, 6.07) is 5.19. The fraction of sp³-hybridized carbons (Fsp3) is 0.286. The van der Waals surface area contributed by atoms with Gasteiger partial charge < -0.3 is 15.3 Å². The summed E-state index contributed by atoms with van der Waals surface area (Å²) in [5.41, 5.74) is 1.40. The molecule has 1 aromatic carbocycles. The summed E-state index contributed by atoms with van der Waals surface area (Å²) in [4.78, 5) is 23.7. The molecule has 0 unspecified atom stereocenters. The summed E-state index contributed by atoms with van der Waals surface area (Å²) in [6.07, 6.45) is 2.46. The average Bonchev–Trinajstić information content (AvgIpc) is 2.37. The first-order chi connectivity index (χ1) is 9.43. The number of carboxylic acids is 1. The van der Waals surface area contributed by atoms with E-state index >= 15 is 0 Å². The van der Waals surface area contributed by atoms with E-state index in [4.69, 9.17) is 16.7 Å². The first kappa shape index (κ1) is 16.0. The van der Waals surface area contributed by atoms with Crippen molar-refractivity contribution in [3.63, 3.8) is 0 Å². The zero-order chi connectivity index (χ0) is 15.1. The van der Waals surface area contributed by atoms with Crippen LogP contribution in [0.5, 0.6) is 0 Å². The number of carbonyl (C=O) groups excluding carboxylic acids is 1. The molecule has 0 saturated carbocycles. The lowest BCUT2D eigenvalue weighted by Crippen LogP contribution is -2.34. The molecule has 0 aromatic heterocycles. The third kappa shape index (κ3) is 4.93. The smallest absolute Gasteiger partial charge is 0.328 e. The molecule has 6 heteroatoms. The Hall–Kier alpha value is -2.01. The Balaban J connectivity index is 2.81. The molecule has 0 spiro atoms. The van der Waals surface area contributed by atoms with Gasteiger partial charge in [-0.05, 0) is 30.7 Å². The Labute approximate surface area is 122 Å². The van der Waals surface area contributed by atoms with Gasteiger partial charge in [0.25, 0.3) is 0 Å². The summed E-state index contributed by atoms with van der Waals surface area (Å²) in [5.74, 6) is -1.10. The summed E-state index contributed by atoms with van der Waals surface area (Å²) in [7, 11) is 1.79. The van der Waals surface area contributed by atoms with Gasteiger partial charge in [0.15, 0.2) is 0 Å². The van der Waals surface area contributed by atoms with E-state index < -0.39 is 5.97 Å². The predicted molar refractivity (Wildman–Crippen MR) is 80.1 cm³/mol. The molecule has 0 aliphatic carbocycles. The van der Waals surface area contributed by atoms with Crippen molar-refractivity contribution in [3.8, 4) is 0 Å². The summed E-state index contributed by atoms with van der Waals surface area (Å²) in [5, 5.41) is 11.7. The molecule has 0 aliphatic rings. The molecule has 2 N–H and O–H groups in total. The van der Waals surface area contributed by atoms with Crippen molar-refractivity contribution in [3.05, 3.63) is 34.9 Å². The van der Waals surface area contributed by atoms with Crippen molar-refractivity contribution in [2.24, 2.45) is 0 Å². The monoisotopic (exact) mass is 296 g/mol. The number of hydrogen-bond donors (Lipinski definition) is 2. The van der Waals surface area contributed by atoms with Gasteiger partial charge >= 0.3 is 5.97 Å². The molecule has 5 nitrogen and oxygen atoms in total. The Bertz CT molecular complexity index is 529. The van der Waals surface area contributed by atoms with Crippen molar-refractivity contribution >= 4 is 35.2 Å². The molecule has 0 bridgehead atoms. The van der Waals surface area contributed by atoms with Gasteiger partial charge in [0, 0.05) is 30.4 Å². The van der Waals surface area contributed by atoms with Gasteiger partial charge in [0.05, 0.1) is 6.54 Å². The summed E-state index contributed by atoms with van der Waals surface area (Å²) < 4.78 is 0. The number of hydrogen-bond acceptors (Lipinski definition) is 3. The van der Waals surface area contributed by atoms with Crippen molar-refractivity contribution in [1.29, 1.82) is 0 Å².